The van der Waals surface area contributed by atoms with Crippen LogP contribution in [0.15, 0.2) is 78.9 Å². The number of benzene rings is 3. The Morgan fingerprint density at radius 1 is 0.875 bits per heavy atom. The first-order valence-electron chi connectivity index (χ1n) is 7.72. The van der Waals surface area contributed by atoms with E-state index in [-0.39, 0.29) is 5.97 Å². The number of esters is 1. The molecule has 3 rings (SSSR count). The number of rotatable bonds is 5. The zero-order valence-corrected chi connectivity index (χ0v) is 13.4. The van der Waals surface area contributed by atoms with Crippen molar-refractivity contribution in [1.29, 1.82) is 0 Å². The van der Waals surface area contributed by atoms with Crippen molar-refractivity contribution < 1.29 is 14.3 Å². The molecule has 0 saturated heterocycles. The van der Waals surface area contributed by atoms with Crippen molar-refractivity contribution in [3.8, 4) is 16.9 Å². The van der Waals surface area contributed by atoms with E-state index in [1.54, 1.807) is 6.07 Å². The van der Waals surface area contributed by atoms with Gasteiger partial charge in [0.1, 0.15) is 12.4 Å². The molecular weight excluding hydrogens is 300 g/mol. The smallest absolute Gasteiger partial charge is 0.337 e. The van der Waals surface area contributed by atoms with Gasteiger partial charge in [-0.2, -0.15) is 0 Å². The second kappa shape index (κ2) is 7.47. The molecule has 0 amide bonds. The summed E-state index contributed by atoms with van der Waals surface area (Å²) in [6.07, 6.45) is 0. The van der Waals surface area contributed by atoms with Gasteiger partial charge in [0.25, 0.3) is 0 Å². The lowest BCUT2D eigenvalue weighted by Crippen LogP contribution is -2.01. The molecule has 0 aliphatic carbocycles. The summed E-state index contributed by atoms with van der Waals surface area (Å²) < 4.78 is 10.8. The Balaban J connectivity index is 1.88. The van der Waals surface area contributed by atoms with Gasteiger partial charge in [-0.05, 0) is 29.3 Å². The van der Waals surface area contributed by atoms with Gasteiger partial charge in [0, 0.05) is 5.56 Å². The molecule has 120 valence electrons. The van der Waals surface area contributed by atoms with Crippen LogP contribution >= 0.6 is 0 Å². The van der Waals surface area contributed by atoms with Gasteiger partial charge in [0.05, 0.1) is 12.7 Å². The topological polar surface area (TPSA) is 35.5 Å². The minimum atomic E-state index is -0.348. The highest BCUT2D eigenvalue weighted by Crippen LogP contribution is 2.31. The van der Waals surface area contributed by atoms with Crippen LogP contribution in [-0.2, 0) is 11.3 Å². The minimum Gasteiger partial charge on any atom is -0.488 e. The summed E-state index contributed by atoms with van der Waals surface area (Å²) >= 11 is 0. The zero-order chi connectivity index (χ0) is 16.8. The minimum absolute atomic E-state index is 0.348. The van der Waals surface area contributed by atoms with Gasteiger partial charge in [-0.15, -0.1) is 0 Å². The van der Waals surface area contributed by atoms with Gasteiger partial charge >= 0.3 is 5.97 Å². The van der Waals surface area contributed by atoms with Gasteiger partial charge in [0.2, 0.25) is 0 Å². The van der Waals surface area contributed by atoms with Crippen molar-refractivity contribution in [3.05, 3.63) is 90.0 Å². The number of carbonyl (C=O) groups excluding carboxylic acids is 1. The Morgan fingerprint density at radius 3 is 2.42 bits per heavy atom. The predicted octanol–water partition coefficient (Wildman–Crippen LogP) is 4.72. The number of hydrogen-bond acceptors (Lipinski definition) is 3. The summed E-state index contributed by atoms with van der Waals surface area (Å²) in [5.41, 5.74) is 3.49. The van der Waals surface area contributed by atoms with E-state index in [1.807, 2.05) is 72.8 Å². The molecule has 0 fully saturated rings. The second-order valence-electron chi connectivity index (χ2n) is 5.34. The SMILES string of the molecule is COC(=O)c1cccc(-c2ccccc2OCc2ccccc2)c1. The van der Waals surface area contributed by atoms with Gasteiger partial charge in [0.15, 0.2) is 0 Å². The van der Waals surface area contributed by atoms with Crippen LogP contribution < -0.4 is 4.74 Å². The first kappa shape index (κ1) is 15.8. The molecule has 3 nitrogen and oxygen atoms in total. The fourth-order valence-electron chi connectivity index (χ4n) is 2.50. The van der Waals surface area contributed by atoms with Crippen molar-refractivity contribution in [2.75, 3.05) is 7.11 Å². The van der Waals surface area contributed by atoms with E-state index in [0.29, 0.717) is 12.2 Å². The summed E-state index contributed by atoms with van der Waals surface area (Å²) in [6, 6.07) is 25.2. The molecule has 3 aromatic rings. The summed E-state index contributed by atoms with van der Waals surface area (Å²) in [4.78, 5) is 11.7. The normalized spacial score (nSPS) is 10.2. The number of methoxy groups -OCH3 is 1. The molecule has 0 aliphatic rings. The fourth-order valence-corrected chi connectivity index (χ4v) is 2.50. The van der Waals surface area contributed by atoms with E-state index in [0.717, 1.165) is 22.4 Å². The molecule has 0 aromatic heterocycles. The molecule has 0 spiro atoms. The number of carbonyl (C=O) groups is 1. The Hall–Kier alpha value is -3.07. The maximum Gasteiger partial charge on any atom is 0.337 e. The Kier molecular flexibility index (Phi) is 4.92. The fraction of sp³-hybridized carbons (Fsp3) is 0.0952. The highest BCUT2D eigenvalue weighted by molar-refractivity contribution is 5.91. The highest BCUT2D eigenvalue weighted by atomic mass is 16.5. The van der Waals surface area contributed by atoms with Crippen LogP contribution in [0, 0.1) is 0 Å². The molecule has 0 bridgehead atoms. The van der Waals surface area contributed by atoms with E-state index >= 15 is 0 Å². The van der Waals surface area contributed by atoms with Crippen molar-refractivity contribution in [3.63, 3.8) is 0 Å². The van der Waals surface area contributed by atoms with Crippen molar-refractivity contribution in [1.82, 2.24) is 0 Å². The van der Waals surface area contributed by atoms with E-state index in [2.05, 4.69) is 0 Å². The summed E-state index contributed by atoms with van der Waals surface area (Å²) in [6.45, 7) is 0.495. The van der Waals surface area contributed by atoms with Crippen LogP contribution in [0.4, 0.5) is 0 Å². The second-order valence-corrected chi connectivity index (χ2v) is 5.34. The first-order valence-corrected chi connectivity index (χ1v) is 7.72. The van der Waals surface area contributed by atoms with E-state index < -0.39 is 0 Å². The lowest BCUT2D eigenvalue weighted by Gasteiger charge is -2.12. The van der Waals surface area contributed by atoms with Crippen LogP contribution in [-0.4, -0.2) is 13.1 Å². The molecule has 0 N–H and O–H groups in total. The van der Waals surface area contributed by atoms with E-state index in [4.69, 9.17) is 9.47 Å². The van der Waals surface area contributed by atoms with Crippen LogP contribution in [0.1, 0.15) is 15.9 Å². The van der Waals surface area contributed by atoms with Gasteiger partial charge in [-0.1, -0.05) is 60.7 Å². The van der Waals surface area contributed by atoms with E-state index in [9.17, 15) is 4.79 Å². The molecule has 0 heterocycles. The summed E-state index contributed by atoms with van der Waals surface area (Å²) in [7, 11) is 1.38. The lowest BCUT2D eigenvalue weighted by atomic mass is 10.0. The lowest BCUT2D eigenvalue weighted by molar-refractivity contribution is 0.0601. The number of hydrogen-bond donors (Lipinski definition) is 0. The molecule has 3 aromatic carbocycles. The number of para-hydroxylation sites is 1. The quantitative estimate of drug-likeness (QED) is 0.639. The maximum absolute atomic E-state index is 11.7. The molecule has 3 heteroatoms. The van der Waals surface area contributed by atoms with Crippen molar-refractivity contribution in [2.45, 2.75) is 6.61 Å². The summed E-state index contributed by atoms with van der Waals surface area (Å²) in [5, 5.41) is 0. The Morgan fingerprint density at radius 2 is 1.62 bits per heavy atom. The Bertz CT molecular complexity index is 825. The number of ether oxygens (including phenoxy) is 2. The van der Waals surface area contributed by atoms with Crippen LogP contribution in [0.3, 0.4) is 0 Å². The zero-order valence-electron chi connectivity index (χ0n) is 13.4. The largest absolute Gasteiger partial charge is 0.488 e. The maximum atomic E-state index is 11.7. The first-order chi connectivity index (χ1) is 11.8. The average Bonchev–Trinajstić information content (AvgIpc) is 2.67. The monoisotopic (exact) mass is 318 g/mol. The highest BCUT2D eigenvalue weighted by Gasteiger charge is 2.10. The molecule has 0 saturated carbocycles. The van der Waals surface area contributed by atoms with E-state index in [1.165, 1.54) is 7.11 Å². The van der Waals surface area contributed by atoms with Crippen LogP contribution in [0.5, 0.6) is 5.75 Å². The van der Waals surface area contributed by atoms with Crippen molar-refractivity contribution >= 4 is 5.97 Å². The van der Waals surface area contributed by atoms with Gasteiger partial charge < -0.3 is 9.47 Å². The third-order valence-electron chi connectivity index (χ3n) is 3.72. The molecule has 0 aliphatic heterocycles. The third-order valence-corrected chi connectivity index (χ3v) is 3.72. The molecule has 0 radical (unpaired) electrons. The molecule has 0 atom stereocenters. The summed E-state index contributed by atoms with van der Waals surface area (Å²) in [5.74, 6) is 0.433. The van der Waals surface area contributed by atoms with Crippen molar-refractivity contribution in [2.24, 2.45) is 0 Å². The molecular formula is C21H18O3. The third kappa shape index (κ3) is 3.63. The standard InChI is InChI=1S/C21H18O3/c1-23-21(22)18-11-7-10-17(14-18)19-12-5-6-13-20(19)24-15-16-8-3-2-4-9-16/h2-14H,15H2,1H3. The molecule has 24 heavy (non-hydrogen) atoms. The molecule has 0 unspecified atom stereocenters. The Labute approximate surface area is 141 Å². The van der Waals surface area contributed by atoms with Crippen LogP contribution in [0.2, 0.25) is 0 Å². The van der Waals surface area contributed by atoms with Gasteiger partial charge in [-0.25, -0.2) is 4.79 Å². The predicted molar refractivity (Wildman–Crippen MR) is 94.0 cm³/mol. The van der Waals surface area contributed by atoms with Gasteiger partial charge in [-0.3, -0.25) is 0 Å². The average molecular weight is 318 g/mol. The van der Waals surface area contributed by atoms with Crippen LogP contribution in [0.25, 0.3) is 11.1 Å².